The molecule has 0 unspecified atom stereocenters. The number of hydrogen-bond acceptors (Lipinski definition) is 6. The van der Waals surface area contributed by atoms with E-state index < -0.39 is 11.9 Å². The first kappa shape index (κ1) is 10.8. The number of primary amides is 1. The van der Waals surface area contributed by atoms with Crippen LogP contribution in [0.15, 0.2) is 0 Å². The molecule has 1 aromatic rings. The molecule has 7 nitrogen and oxygen atoms in total. The Balaban J connectivity index is 1.89. The van der Waals surface area contributed by atoms with Crippen molar-refractivity contribution in [1.29, 1.82) is 0 Å². The van der Waals surface area contributed by atoms with E-state index in [1.54, 1.807) is 0 Å². The maximum Gasteiger partial charge on any atom is 0.318 e. The molecule has 16 heavy (non-hydrogen) atoms. The summed E-state index contributed by atoms with van der Waals surface area (Å²) in [5.74, 6) is -0.407. The maximum atomic E-state index is 11.3. The fourth-order valence-corrected chi connectivity index (χ4v) is 2.50. The molecule has 3 amide bonds. The quantitative estimate of drug-likeness (QED) is 0.629. The van der Waals surface area contributed by atoms with Crippen LogP contribution in [0.25, 0.3) is 0 Å². The molecule has 0 bridgehead atoms. The molecule has 0 radical (unpaired) electrons. The molecule has 1 aliphatic heterocycles. The van der Waals surface area contributed by atoms with Gasteiger partial charge in [-0.25, -0.2) is 9.78 Å². The Bertz CT molecular complexity index is 420. The predicted octanol–water partition coefficient (Wildman–Crippen LogP) is -0.764. The van der Waals surface area contributed by atoms with Crippen molar-refractivity contribution in [2.75, 3.05) is 12.3 Å². The molecule has 8 heteroatoms. The number of amides is 3. The van der Waals surface area contributed by atoms with Crippen LogP contribution in [0.1, 0.15) is 10.6 Å². The Hall–Kier alpha value is -1.67. The molecule has 0 fully saturated rings. The van der Waals surface area contributed by atoms with E-state index in [4.69, 9.17) is 11.5 Å². The van der Waals surface area contributed by atoms with E-state index in [1.807, 2.05) is 10.2 Å². The fraction of sp³-hybridized carbons (Fsp3) is 0.375. The van der Waals surface area contributed by atoms with Crippen LogP contribution in [0, 0.1) is 0 Å². The summed E-state index contributed by atoms with van der Waals surface area (Å²) in [7, 11) is 0. The first-order valence-electron chi connectivity index (χ1n) is 4.60. The van der Waals surface area contributed by atoms with Crippen molar-refractivity contribution in [3.63, 3.8) is 0 Å². The van der Waals surface area contributed by atoms with Crippen molar-refractivity contribution < 1.29 is 9.59 Å². The molecule has 2 heterocycles. The number of nitrogens with two attached hydrogens (primary N) is 2. The summed E-state index contributed by atoms with van der Waals surface area (Å²) >= 11 is 1.42. The Morgan fingerprint density at radius 1 is 1.50 bits per heavy atom. The lowest BCUT2D eigenvalue weighted by atomic mass is 10.4. The number of anilines is 1. The first-order chi connectivity index (χ1) is 7.54. The van der Waals surface area contributed by atoms with Crippen LogP contribution in [-0.4, -0.2) is 28.4 Å². The number of nitrogens with one attached hydrogen (secondary N) is 1. The smallest absolute Gasteiger partial charge is 0.318 e. The van der Waals surface area contributed by atoms with E-state index in [9.17, 15) is 9.59 Å². The minimum Gasteiger partial charge on any atom is -0.375 e. The van der Waals surface area contributed by atoms with E-state index in [0.717, 1.165) is 10.6 Å². The van der Waals surface area contributed by atoms with Crippen LogP contribution in [0.3, 0.4) is 0 Å². The monoisotopic (exact) mass is 241 g/mol. The molecule has 0 aromatic carbocycles. The molecule has 1 aliphatic rings. The standard InChI is InChI=1S/C8H11N5O2S/c9-7(15)12-6(14)3-13-1-4-5(2-13)16-8(10)11-4/h1-3H2,(H2,10,11)(H3,9,12,14,15). The fourth-order valence-electron chi connectivity index (χ4n) is 1.61. The van der Waals surface area contributed by atoms with Crippen molar-refractivity contribution >= 4 is 28.4 Å². The highest BCUT2D eigenvalue weighted by molar-refractivity contribution is 7.15. The SMILES string of the molecule is NC(=O)NC(=O)CN1Cc2nc(N)sc2C1. The summed E-state index contributed by atoms with van der Waals surface area (Å²) in [5, 5.41) is 2.56. The highest BCUT2D eigenvalue weighted by Gasteiger charge is 2.24. The van der Waals surface area contributed by atoms with Crippen LogP contribution in [0.5, 0.6) is 0 Å². The maximum absolute atomic E-state index is 11.3. The molecule has 1 aromatic heterocycles. The van der Waals surface area contributed by atoms with E-state index in [2.05, 4.69) is 4.98 Å². The lowest BCUT2D eigenvalue weighted by molar-refractivity contribution is -0.121. The molecule has 0 saturated heterocycles. The van der Waals surface area contributed by atoms with Crippen LogP contribution < -0.4 is 16.8 Å². The van der Waals surface area contributed by atoms with Gasteiger partial charge in [0.15, 0.2) is 5.13 Å². The van der Waals surface area contributed by atoms with Crippen molar-refractivity contribution in [2.24, 2.45) is 5.73 Å². The van der Waals surface area contributed by atoms with Gasteiger partial charge < -0.3 is 11.5 Å². The van der Waals surface area contributed by atoms with Gasteiger partial charge in [-0.2, -0.15) is 0 Å². The molecule has 86 valence electrons. The van der Waals surface area contributed by atoms with Gasteiger partial charge in [0.25, 0.3) is 0 Å². The van der Waals surface area contributed by atoms with E-state index in [0.29, 0.717) is 18.2 Å². The van der Waals surface area contributed by atoms with Crippen LogP contribution in [0.2, 0.25) is 0 Å². The number of carbonyl (C=O) groups excluding carboxylic acids is 2. The minimum absolute atomic E-state index is 0.131. The van der Waals surface area contributed by atoms with Crippen molar-refractivity contribution in [2.45, 2.75) is 13.1 Å². The van der Waals surface area contributed by atoms with Gasteiger partial charge in [-0.3, -0.25) is 15.0 Å². The van der Waals surface area contributed by atoms with Gasteiger partial charge in [0.05, 0.1) is 12.2 Å². The Morgan fingerprint density at radius 2 is 2.25 bits per heavy atom. The zero-order valence-corrected chi connectivity index (χ0v) is 9.21. The zero-order chi connectivity index (χ0) is 11.7. The molecule has 0 atom stereocenters. The van der Waals surface area contributed by atoms with Crippen LogP contribution in [-0.2, 0) is 17.9 Å². The summed E-state index contributed by atoms with van der Waals surface area (Å²) < 4.78 is 0. The predicted molar refractivity (Wildman–Crippen MR) is 58.4 cm³/mol. The number of nitrogens with zero attached hydrogens (tertiary/aromatic N) is 2. The van der Waals surface area contributed by atoms with Crippen LogP contribution in [0.4, 0.5) is 9.93 Å². The lowest BCUT2D eigenvalue weighted by Crippen LogP contribution is -2.40. The number of thiazole rings is 1. The number of hydrogen-bond donors (Lipinski definition) is 3. The van der Waals surface area contributed by atoms with Gasteiger partial charge >= 0.3 is 6.03 Å². The Morgan fingerprint density at radius 3 is 2.88 bits per heavy atom. The molecule has 0 spiro atoms. The van der Waals surface area contributed by atoms with Gasteiger partial charge in [-0.1, -0.05) is 0 Å². The topological polar surface area (TPSA) is 114 Å². The molecule has 5 N–H and O–H groups in total. The van der Waals surface area contributed by atoms with Gasteiger partial charge in [0.2, 0.25) is 5.91 Å². The Labute approximate surface area is 95.4 Å². The summed E-state index contributed by atoms with van der Waals surface area (Å²) in [4.78, 5) is 28.8. The van der Waals surface area contributed by atoms with Crippen molar-refractivity contribution in [1.82, 2.24) is 15.2 Å². The van der Waals surface area contributed by atoms with E-state index in [1.165, 1.54) is 11.3 Å². The molecule has 2 rings (SSSR count). The highest BCUT2D eigenvalue weighted by atomic mass is 32.1. The largest absolute Gasteiger partial charge is 0.375 e. The number of imide groups is 1. The first-order valence-corrected chi connectivity index (χ1v) is 5.42. The minimum atomic E-state index is -0.832. The molecule has 0 saturated carbocycles. The van der Waals surface area contributed by atoms with Crippen molar-refractivity contribution in [3.05, 3.63) is 10.6 Å². The average molecular weight is 241 g/mol. The third-order valence-corrected chi connectivity index (χ3v) is 3.08. The average Bonchev–Trinajstić information content (AvgIpc) is 2.58. The van der Waals surface area contributed by atoms with Gasteiger partial charge in [0, 0.05) is 18.0 Å². The van der Waals surface area contributed by atoms with Gasteiger partial charge in [-0.15, -0.1) is 11.3 Å². The number of aromatic nitrogens is 1. The molecular weight excluding hydrogens is 230 g/mol. The van der Waals surface area contributed by atoms with Crippen LogP contribution >= 0.6 is 11.3 Å². The third-order valence-electron chi connectivity index (χ3n) is 2.17. The van der Waals surface area contributed by atoms with E-state index in [-0.39, 0.29) is 6.54 Å². The normalized spacial score (nSPS) is 14.8. The number of rotatable bonds is 2. The van der Waals surface area contributed by atoms with E-state index >= 15 is 0 Å². The summed E-state index contributed by atoms with van der Waals surface area (Å²) in [6.45, 7) is 1.34. The summed E-state index contributed by atoms with van der Waals surface area (Å²) in [6.07, 6.45) is 0. The third kappa shape index (κ3) is 2.28. The zero-order valence-electron chi connectivity index (χ0n) is 8.40. The number of nitrogen functional groups attached to an aromatic ring is 1. The lowest BCUT2D eigenvalue weighted by Gasteiger charge is -2.12. The Kier molecular flexibility index (Phi) is 2.75. The second-order valence-electron chi connectivity index (χ2n) is 3.48. The number of fused-ring (bicyclic) bond motifs is 1. The molecular formula is C8H11N5O2S. The highest BCUT2D eigenvalue weighted by Crippen LogP contribution is 2.28. The van der Waals surface area contributed by atoms with Gasteiger partial charge in [0.1, 0.15) is 0 Å². The van der Waals surface area contributed by atoms with Gasteiger partial charge in [-0.05, 0) is 0 Å². The second-order valence-corrected chi connectivity index (χ2v) is 4.59. The van der Waals surface area contributed by atoms with Crippen molar-refractivity contribution in [3.8, 4) is 0 Å². The number of carbonyl (C=O) groups is 2. The second kappa shape index (κ2) is 4.06. The summed E-state index contributed by atoms with van der Waals surface area (Å²) in [5.41, 5.74) is 11.3. The summed E-state index contributed by atoms with van der Waals surface area (Å²) in [6, 6.07) is -0.832. The molecule has 0 aliphatic carbocycles. The number of urea groups is 1.